The van der Waals surface area contributed by atoms with Crippen LogP contribution in [0.4, 0.5) is 5.69 Å². The van der Waals surface area contributed by atoms with Gasteiger partial charge < -0.3 is 4.90 Å². The average molecular weight is 353 g/mol. The number of para-hydroxylation sites is 1. The van der Waals surface area contributed by atoms with Crippen molar-refractivity contribution < 1.29 is 9.82 Å². The van der Waals surface area contributed by atoms with Gasteiger partial charge in [-0.3, -0.25) is 15.1 Å². The van der Waals surface area contributed by atoms with Crippen molar-refractivity contribution >= 4 is 11.9 Å². The molecule has 0 radical (unpaired) electrons. The fraction of sp³-hybridized carbons (Fsp3) is 0.350. The van der Waals surface area contributed by atoms with Crippen molar-refractivity contribution in [1.29, 1.82) is 0 Å². The summed E-state index contributed by atoms with van der Waals surface area (Å²) in [5.41, 5.74) is 4.70. The Balaban J connectivity index is 1.56. The summed E-state index contributed by atoms with van der Waals surface area (Å²) >= 11 is 0. The highest BCUT2D eigenvalue weighted by Gasteiger charge is 2.19. The number of hydrogen-bond donors (Lipinski definition) is 1. The van der Waals surface area contributed by atoms with Gasteiger partial charge in [0.15, 0.2) is 0 Å². The first-order valence-electron chi connectivity index (χ1n) is 8.95. The summed E-state index contributed by atoms with van der Waals surface area (Å²) in [5, 5.41) is 17.5. The van der Waals surface area contributed by atoms with Crippen LogP contribution in [0.25, 0.3) is 0 Å². The number of nitrogens with one attached hydrogen (secondary N) is 1. The maximum absolute atomic E-state index is 11.1. The summed E-state index contributed by atoms with van der Waals surface area (Å²) in [4.78, 5) is 12.2. The van der Waals surface area contributed by atoms with Gasteiger partial charge in [0.2, 0.25) is 0 Å². The maximum atomic E-state index is 11.1. The molecule has 3 rings (SSSR count). The quantitative estimate of drug-likeness (QED) is 0.508. The molecule has 0 aliphatic carbocycles. The summed E-state index contributed by atoms with van der Waals surface area (Å²) in [6.45, 7) is 9.08. The van der Waals surface area contributed by atoms with Crippen LogP contribution < -0.4 is 4.90 Å². The lowest BCUT2D eigenvalue weighted by Crippen LogP contribution is -3.13. The van der Waals surface area contributed by atoms with Crippen LogP contribution in [0.1, 0.15) is 22.3 Å². The zero-order chi connectivity index (χ0) is 18.5. The minimum absolute atomic E-state index is 0.0929. The Labute approximate surface area is 153 Å². The maximum Gasteiger partial charge on any atom is 0.278 e. The molecule has 0 aromatic heterocycles. The molecule has 0 bridgehead atoms. The van der Waals surface area contributed by atoms with Crippen LogP contribution in [-0.4, -0.2) is 42.3 Å². The Kier molecular flexibility index (Phi) is 5.63. The number of nitro benzene ring substituents is 1. The van der Waals surface area contributed by atoms with Gasteiger partial charge in [-0.1, -0.05) is 35.9 Å². The Bertz CT molecular complexity index is 811. The molecule has 1 fully saturated rings. The third kappa shape index (κ3) is 4.46. The molecule has 0 spiro atoms. The number of hydrazone groups is 1. The smallest absolute Gasteiger partial charge is 0.278 e. The van der Waals surface area contributed by atoms with Gasteiger partial charge in [0.1, 0.15) is 6.54 Å². The second-order valence-corrected chi connectivity index (χ2v) is 6.87. The second-order valence-electron chi connectivity index (χ2n) is 6.87. The van der Waals surface area contributed by atoms with Crippen LogP contribution in [-0.2, 0) is 6.54 Å². The van der Waals surface area contributed by atoms with E-state index in [1.165, 1.54) is 22.8 Å². The molecule has 0 atom stereocenters. The molecule has 1 aliphatic heterocycles. The van der Waals surface area contributed by atoms with E-state index in [0.29, 0.717) is 5.56 Å². The van der Waals surface area contributed by atoms with Crippen molar-refractivity contribution in [2.24, 2.45) is 5.10 Å². The summed E-state index contributed by atoms with van der Waals surface area (Å²) in [7, 11) is 0. The van der Waals surface area contributed by atoms with Crippen LogP contribution in [0.3, 0.4) is 0 Å². The predicted octanol–water partition coefficient (Wildman–Crippen LogP) is 1.95. The molecule has 0 amide bonds. The Morgan fingerprint density at radius 1 is 1.19 bits per heavy atom. The Morgan fingerprint density at radius 3 is 2.62 bits per heavy atom. The first kappa shape index (κ1) is 18.1. The Hall–Kier alpha value is -2.73. The first-order chi connectivity index (χ1) is 12.5. The van der Waals surface area contributed by atoms with Gasteiger partial charge in [0, 0.05) is 11.6 Å². The van der Waals surface area contributed by atoms with Crippen LogP contribution >= 0.6 is 0 Å². The third-order valence-electron chi connectivity index (χ3n) is 4.88. The number of nitro groups is 1. The lowest BCUT2D eigenvalue weighted by Gasteiger charge is -2.30. The molecule has 26 heavy (non-hydrogen) atoms. The van der Waals surface area contributed by atoms with E-state index in [2.05, 4.69) is 37.1 Å². The zero-order valence-corrected chi connectivity index (χ0v) is 15.3. The molecule has 0 saturated carbocycles. The van der Waals surface area contributed by atoms with Crippen molar-refractivity contribution in [1.82, 2.24) is 5.01 Å². The number of benzene rings is 2. The molecule has 2 aromatic carbocycles. The lowest BCUT2D eigenvalue weighted by atomic mass is 10.1. The summed E-state index contributed by atoms with van der Waals surface area (Å²) in [6, 6.07) is 13.3. The molecule has 6 heteroatoms. The topological polar surface area (TPSA) is 63.2 Å². The minimum Gasteiger partial charge on any atom is -0.328 e. The summed E-state index contributed by atoms with van der Waals surface area (Å²) < 4.78 is 0. The largest absolute Gasteiger partial charge is 0.328 e. The van der Waals surface area contributed by atoms with E-state index < -0.39 is 0 Å². The van der Waals surface area contributed by atoms with E-state index in [1.54, 1.807) is 29.3 Å². The van der Waals surface area contributed by atoms with Gasteiger partial charge in [-0.25, -0.2) is 0 Å². The molecule has 0 unspecified atom stereocenters. The Morgan fingerprint density at radius 2 is 1.92 bits per heavy atom. The van der Waals surface area contributed by atoms with Crippen molar-refractivity contribution in [3.63, 3.8) is 0 Å². The summed E-state index contributed by atoms with van der Waals surface area (Å²) in [6.07, 6.45) is 1.60. The monoisotopic (exact) mass is 353 g/mol. The van der Waals surface area contributed by atoms with Gasteiger partial charge in [0.25, 0.3) is 5.69 Å². The van der Waals surface area contributed by atoms with Crippen LogP contribution in [0.15, 0.2) is 47.6 Å². The third-order valence-corrected chi connectivity index (χ3v) is 4.88. The molecular formula is C20H25N4O2+. The summed E-state index contributed by atoms with van der Waals surface area (Å²) in [5.74, 6) is 0. The van der Waals surface area contributed by atoms with E-state index in [1.807, 2.05) is 5.01 Å². The van der Waals surface area contributed by atoms with Crippen LogP contribution in [0.5, 0.6) is 0 Å². The van der Waals surface area contributed by atoms with Crippen LogP contribution in [0.2, 0.25) is 0 Å². The van der Waals surface area contributed by atoms with Crippen molar-refractivity contribution in [2.45, 2.75) is 20.4 Å². The van der Waals surface area contributed by atoms with Crippen molar-refractivity contribution in [2.75, 3.05) is 26.2 Å². The number of hydrogen-bond acceptors (Lipinski definition) is 4. The van der Waals surface area contributed by atoms with Gasteiger partial charge >= 0.3 is 0 Å². The number of aryl methyl sites for hydroxylation is 2. The van der Waals surface area contributed by atoms with Crippen molar-refractivity contribution in [3.05, 3.63) is 74.8 Å². The number of nitrogens with zero attached hydrogens (tertiary/aromatic N) is 3. The highest BCUT2D eigenvalue weighted by molar-refractivity contribution is 5.84. The molecule has 2 aromatic rings. The number of piperazine rings is 1. The molecular weight excluding hydrogens is 328 g/mol. The average Bonchev–Trinajstić information content (AvgIpc) is 2.63. The molecule has 1 N–H and O–H groups in total. The van der Waals surface area contributed by atoms with Crippen LogP contribution in [0, 0.1) is 24.0 Å². The number of rotatable bonds is 5. The fourth-order valence-corrected chi connectivity index (χ4v) is 3.32. The van der Waals surface area contributed by atoms with Gasteiger partial charge in [-0.2, -0.15) is 5.10 Å². The van der Waals surface area contributed by atoms with E-state index in [0.717, 1.165) is 32.7 Å². The van der Waals surface area contributed by atoms with E-state index >= 15 is 0 Å². The lowest BCUT2D eigenvalue weighted by molar-refractivity contribution is -0.918. The molecule has 1 aliphatic rings. The van der Waals surface area contributed by atoms with Gasteiger partial charge in [-0.05, 0) is 25.5 Å². The predicted molar refractivity (Wildman–Crippen MR) is 103 cm³/mol. The SMILES string of the molecule is Cc1ccc(C[NH+]2CCN(/N=C/c3ccccc3[N+](=O)[O-])CC2)c(C)c1. The highest BCUT2D eigenvalue weighted by atomic mass is 16.6. The standard InChI is InChI=1S/C20H24N4O2/c1-16-7-8-19(17(2)13-16)15-22-9-11-23(12-10-22)21-14-18-5-3-4-6-20(18)24(25)26/h3-8,13-14H,9-12,15H2,1-2H3/p+1/b21-14+. The number of quaternary nitrogens is 1. The first-order valence-corrected chi connectivity index (χ1v) is 8.95. The normalized spacial score (nSPS) is 15.5. The second kappa shape index (κ2) is 8.10. The minimum atomic E-state index is -0.368. The molecule has 1 saturated heterocycles. The van der Waals surface area contributed by atoms with Crippen molar-refractivity contribution in [3.8, 4) is 0 Å². The highest BCUT2D eigenvalue weighted by Crippen LogP contribution is 2.15. The van der Waals surface area contributed by atoms with Gasteiger partial charge in [-0.15, -0.1) is 0 Å². The molecule has 6 nitrogen and oxygen atoms in total. The zero-order valence-electron chi connectivity index (χ0n) is 15.3. The fourth-order valence-electron chi connectivity index (χ4n) is 3.32. The molecule has 136 valence electrons. The van der Waals surface area contributed by atoms with E-state index in [9.17, 15) is 10.1 Å². The molecule has 1 heterocycles. The van der Waals surface area contributed by atoms with Gasteiger partial charge in [0.05, 0.1) is 42.9 Å². The van der Waals surface area contributed by atoms with E-state index in [-0.39, 0.29) is 10.6 Å². The van der Waals surface area contributed by atoms with E-state index in [4.69, 9.17) is 0 Å².